The molecule has 480 valence electrons. The number of unbranched alkanes of at least 4 members (excludes halogenated alkanes) is 2. The fourth-order valence-corrected chi connectivity index (χ4v) is 11.4. The van der Waals surface area contributed by atoms with Crippen LogP contribution in [0.2, 0.25) is 0 Å². The molecule has 5 aliphatic heterocycles. The highest BCUT2D eigenvalue weighted by molar-refractivity contribution is 7.80. The van der Waals surface area contributed by atoms with Gasteiger partial charge in [-0.3, -0.25) is 33.8 Å². The molecule has 0 saturated carbocycles. The Balaban J connectivity index is 0.786. The predicted octanol–water partition coefficient (Wildman–Crippen LogP) is 6.88. The van der Waals surface area contributed by atoms with Gasteiger partial charge in [0, 0.05) is 74.7 Å². The van der Waals surface area contributed by atoms with Gasteiger partial charge >= 0.3 is 6.09 Å². The molecule has 5 heterocycles. The number of ether oxygens (including phenoxy) is 6. The van der Waals surface area contributed by atoms with Gasteiger partial charge in [0.05, 0.1) is 80.2 Å². The van der Waals surface area contributed by atoms with Gasteiger partial charge in [-0.05, 0) is 94.5 Å². The van der Waals surface area contributed by atoms with E-state index in [4.69, 9.17) is 40.6 Å². The Kier molecular flexibility index (Phi) is 22.8. The lowest BCUT2D eigenvalue weighted by Gasteiger charge is -2.31. The lowest BCUT2D eigenvalue weighted by atomic mass is 9.94. The third kappa shape index (κ3) is 16.4. The van der Waals surface area contributed by atoms with Crippen LogP contribution >= 0.6 is 12.2 Å². The SMILES string of the molecule is COc1cc2c(cc1OCCCCCOc1cc3c(cc1OC)C(=O)N1C=C(C)C[C@H]1[C@H](O)N3C(=O)OCc1ccc(NC(=O)[C@H](C)NC(=O)[C@@H](NC(=S)CCOCCNC(=O)CCN3C(=O)C(C(C)C)CC3O)C(C)C)cc1)N=C[C@@H]1CC(C)=CN1C2=O. The molecule has 3 aromatic rings. The minimum atomic E-state index is -1.52. The monoisotopic (exact) mass is 1250 g/mol. The van der Waals surface area contributed by atoms with Crippen molar-refractivity contribution in [3.05, 3.63) is 88.8 Å². The van der Waals surface area contributed by atoms with Gasteiger partial charge in [-0.1, -0.05) is 63.2 Å². The van der Waals surface area contributed by atoms with Gasteiger partial charge in [-0.2, -0.15) is 0 Å². The summed E-state index contributed by atoms with van der Waals surface area (Å²) in [6.07, 6.45) is 5.67. The molecule has 2 unspecified atom stereocenters. The summed E-state index contributed by atoms with van der Waals surface area (Å²) in [6.45, 7) is 14.1. The van der Waals surface area contributed by atoms with E-state index in [9.17, 15) is 43.8 Å². The first-order valence-corrected chi connectivity index (χ1v) is 30.7. The first-order chi connectivity index (χ1) is 42.6. The molecule has 0 spiro atoms. The molecule has 1 saturated heterocycles. The molecule has 5 aliphatic rings. The van der Waals surface area contributed by atoms with E-state index in [1.165, 1.54) is 36.2 Å². The van der Waals surface area contributed by atoms with Crippen LogP contribution in [-0.4, -0.2) is 168 Å². The van der Waals surface area contributed by atoms with Crippen LogP contribution in [0.15, 0.2) is 77.1 Å². The van der Waals surface area contributed by atoms with Crippen molar-refractivity contribution in [2.45, 2.75) is 143 Å². The maximum atomic E-state index is 14.2. The summed E-state index contributed by atoms with van der Waals surface area (Å²) >= 11 is 5.52. The number of anilines is 2. The molecular formula is C64H83N9O15S. The highest BCUT2D eigenvalue weighted by Gasteiger charge is 2.46. The summed E-state index contributed by atoms with van der Waals surface area (Å²) in [4.78, 5) is 104. The summed E-state index contributed by atoms with van der Waals surface area (Å²) in [6, 6.07) is 10.3. The number of carbonyl (C=O) groups excluding carboxylic acids is 7. The third-order valence-electron chi connectivity index (χ3n) is 16.2. The molecular weight excluding hydrogens is 1170 g/mol. The Hall–Kier alpha value is -8.13. The normalized spacial score (nSPS) is 19.9. The van der Waals surface area contributed by atoms with E-state index in [0.29, 0.717) is 84.1 Å². The number of carbonyl (C=O) groups is 7. The Morgan fingerprint density at radius 2 is 1.40 bits per heavy atom. The fourth-order valence-electron chi connectivity index (χ4n) is 11.2. The van der Waals surface area contributed by atoms with E-state index in [0.717, 1.165) is 22.5 Å². The quantitative estimate of drug-likeness (QED) is 0.0319. The molecule has 1 fully saturated rings. The maximum Gasteiger partial charge on any atom is 0.416 e. The topological polar surface area (TPSA) is 289 Å². The highest BCUT2D eigenvalue weighted by Crippen LogP contribution is 2.43. The number of benzene rings is 3. The minimum absolute atomic E-state index is 0.0560. The lowest BCUT2D eigenvalue weighted by molar-refractivity contribution is -0.137. The van der Waals surface area contributed by atoms with E-state index in [2.05, 4.69) is 26.3 Å². The van der Waals surface area contributed by atoms with Gasteiger partial charge in [0.25, 0.3) is 11.8 Å². The minimum Gasteiger partial charge on any atom is -0.493 e. The number of likely N-dealkylation sites (tertiary alicyclic amines) is 1. The van der Waals surface area contributed by atoms with Crippen LogP contribution in [0.1, 0.15) is 126 Å². The fraction of sp³-hybridized carbons (Fsp3) is 0.516. The molecule has 7 atom stereocenters. The zero-order valence-electron chi connectivity index (χ0n) is 52.0. The van der Waals surface area contributed by atoms with Crippen LogP contribution in [0.25, 0.3) is 0 Å². The molecule has 0 aromatic heterocycles. The third-order valence-corrected chi connectivity index (χ3v) is 16.5. The van der Waals surface area contributed by atoms with Crippen LogP contribution < -0.4 is 45.1 Å². The molecule has 6 N–H and O–H groups in total. The van der Waals surface area contributed by atoms with Crippen molar-refractivity contribution in [3.63, 3.8) is 0 Å². The standard InChI is InChI=1S/C64H83N9O15S/c1-36(2)44-29-56(75)70(60(44)78)20-17-54(74)65-19-24-85-23-18-55(89)69-57(37(3)4)59(77)67-40(7)58(76)68-42-15-13-41(14-16-42)35-88-64(82)73-48-31-53(51(84-9)28-46(48)62(80)72-34-39(6)26-49(72)63(73)81)87-22-12-10-11-21-86-52-30-47-45(27-50(52)83-8)61(79)71-33-38(5)25-43(71)32-66-47/h13-16,27-28,30-34,36-37,40,43-44,49,56-57,63,75,81H,10-12,17-26,29,35H2,1-9H3,(H,65,74)(H,67,77)(H,68,76)(H,69,89)/t40-,43-,44?,49-,56?,57-,63-/m0/s1. The zero-order valence-corrected chi connectivity index (χ0v) is 52.8. The molecule has 7 amide bonds. The summed E-state index contributed by atoms with van der Waals surface area (Å²) < 4.78 is 35.1. The van der Waals surface area contributed by atoms with Crippen molar-refractivity contribution < 1.29 is 72.2 Å². The second-order valence-corrected chi connectivity index (χ2v) is 24.1. The zero-order chi connectivity index (χ0) is 64.2. The van der Waals surface area contributed by atoms with E-state index in [1.807, 2.05) is 47.7 Å². The number of aliphatic hydroxyl groups excluding tert-OH is 2. The molecule has 0 aliphatic carbocycles. The predicted molar refractivity (Wildman–Crippen MR) is 335 cm³/mol. The van der Waals surface area contributed by atoms with Crippen LogP contribution in [-0.2, 0) is 35.3 Å². The Bertz CT molecular complexity index is 3230. The number of fused-ring (bicyclic) bond motifs is 4. The van der Waals surface area contributed by atoms with Gasteiger partial charge in [-0.25, -0.2) is 9.69 Å². The average Bonchev–Trinajstić information content (AvgIpc) is 1.67. The molecule has 24 nitrogen and oxygen atoms in total. The number of thiocarbonyl (C=S) groups is 1. The van der Waals surface area contributed by atoms with Crippen molar-refractivity contribution in [1.29, 1.82) is 0 Å². The van der Waals surface area contributed by atoms with Crippen molar-refractivity contribution in [2.75, 3.05) is 64.0 Å². The van der Waals surface area contributed by atoms with Gasteiger partial charge < -0.3 is 74.6 Å². The first-order valence-electron chi connectivity index (χ1n) is 30.3. The molecule has 89 heavy (non-hydrogen) atoms. The van der Waals surface area contributed by atoms with E-state index < -0.39 is 54.4 Å². The van der Waals surface area contributed by atoms with Gasteiger partial charge in [0.2, 0.25) is 23.6 Å². The number of hydrogen-bond donors (Lipinski definition) is 6. The summed E-state index contributed by atoms with van der Waals surface area (Å²) in [5.74, 6) is -0.905. The number of hydrogen-bond acceptors (Lipinski definition) is 17. The molecule has 8 rings (SSSR count). The Labute approximate surface area is 524 Å². The lowest BCUT2D eigenvalue weighted by Crippen LogP contribution is -2.53. The average molecular weight is 1250 g/mol. The van der Waals surface area contributed by atoms with Gasteiger partial charge in [-0.15, -0.1) is 0 Å². The van der Waals surface area contributed by atoms with E-state index in [1.54, 1.807) is 60.6 Å². The Morgan fingerprint density at radius 1 is 0.753 bits per heavy atom. The van der Waals surface area contributed by atoms with E-state index in [-0.39, 0.29) is 110 Å². The second-order valence-electron chi connectivity index (χ2n) is 23.6. The Morgan fingerprint density at radius 3 is 2.07 bits per heavy atom. The summed E-state index contributed by atoms with van der Waals surface area (Å²) in [5, 5.41) is 33.6. The van der Waals surface area contributed by atoms with Crippen LogP contribution in [0.4, 0.5) is 21.9 Å². The van der Waals surface area contributed by atoms with Crippen molar-refractivity contribution in [1.82, 2.24) is 30.7 Å². The van der Waals surface area contributed by atoms with Crippen molar-refractivity contribution in [2.24, 2.45) is 22.7 Å². The number of nitrogens with one attached hydrogen (secondary N) is 4. The summed E-state index contributed by atoms with van der Waals surface area (Å²) in [7, 11) is 2.97. The number of aliphatic imine (C=N–C) groups is 1. The number of nitrogens with zero attached hydrogens (tertiary/aromatic N) is 5. The molecule has 3 aromatic carbocycles. The first kappa shape index (κ1) is 66.8. The molecule has 0 bridgehead atoms. The van der Waals surface area contributed by atoms with Crippen LogP contribution in [0, 0.1) is 17.8 Å². The molecule has 25 heteroatoms. The van der Waals surface area contributed by atoms with Gasteiger partial charge in [0.15, 0.2) is 29.2 Å². The highest BCUT2D eigenvalue weighted by atomic mass is 32.1. The maximum absolute atomic E-state index is 14.2. The van der Waals surface area contributed by atoms with E-state index >= 15 is 0 Å². The smallest absolute Gasteiger partial charge is 0.416 e. The number of aliphatic hydroxyl groups is 2. The van der Waals surface area contributed by atoms with Gasteiger partial charge in [0.1, 0.15) is 24.9 Å². The van der Waals surface area contributed by atoms with Crippen LogP contribution in [0.3, 0.4) is 0 Å². The number of rotatable bonds is 28. The molecule has 0 radical (unpaired) electrons. The van der Waals surface area contributed by atoms with Crippen LogP contribution in [0.5, 0.6) is 23.0 Å². The number of amides is 7. The summed E-state index contributed by atoms with van der Waals surface area (Å²) in [5.41, 5.74) is 3.99. The van der Waals surface area contributed by atoms with Crippen molar-refractivity contribution >= 4 is 82.0 Å². The van der Waals surface area contributed by atoms with Crippen molar-refractivity contribution in [3.8, 4) is 23.0 Å². The second kappa shape index (κ2) is 30.4. The number of methoxy groups -OCH3 is 2. The largest absolute Gasteiger partial charge is 0.493 e.